The highest BCUT2D eigenvalue weighted by molar-refractivity contribution is 5.84. The van der Waals surface area contributed by atoms with E-state index in [1.54, 1.807) is 30.3 Å². The molecule has 2 aromatic rings. The van der Waals surface area contributed by atoms with Crippen LogP contribution in [0.2, 0.25) is 0 Å². The van der Waals surface area contributed by atoms with Gasteiger partial charge in [-0.15, -0.1) is 0 Å². The molecule has 1 aliphatic rings. The molecule has 2 aromatic carbocycles. The molecule has 0 aliphatic heterocycles. The summed E-state index contributed by atoms with van der Waals surface area (Å²) in [5.74, 6) is -3.39. The Balaban J connectivity index is 1.69. The number of aliphatic carboxylic acids is 1. The maximum absolute atomic E-state index is 13.8. The van der Waals surface area contributed by atoms with Crippen molar-refractivity contribution >= 4 is 11.9 Å². The van der Waals surface area contributed by atoms with Crippen LogP contribution in [-0.4, -0.2) is 17.0 Å². The Labute approximate surface area is 143 Å². The molecule has 1 amide bonds. The van der Waals surface area contributed by atoms with Crippen LogP contribution in [0.4, 0.5) is 8.78 Å². The monoisotopic (exact) mass is 345 g/mol. The van der Waals surface area contributed by atoms with E-state index >= 15 is 0 Å². The molecule has 2 N–H and O–H groups in total. The molecule has 1 saturated carbocycles. The van der Waals surface area contributed by atoms with Crippen LogP contribution in [0.15, 0.2) is 48.5 Å². The van der Waals surface area contributed by atoms with Gasteiger partial charge in [-0.05, 0) is 29.5 Å². The lowest BCUT2D eigenvalue weighted by Gasteiger charge is -2.17. The van der Waals surface area contributed by atoms with Gasteiger partial charge in [-0.3, -0.25) is 9.59 Å². The minimum atomic E-state index is -1.02. The molecule has 3 unspecified atom stereocenters. The first-order valence-electron chi connectivity index (χ1n) is 7.97. The van der Waals surface area contributed by atoms with Crippen molar-refractivity contribution in [2.75, 3.05) is 0 Å². The zero-order valence-corrected chi connectivity index (χ0v) is 13.3. The molecule has 0 bridgehead atoms. The zero-order valence-electron chi connectivity index (χ0n) is 13.3. The van der Waals surface area contributed by atoms with Crippen LogP contribution < -0.4 is 5.32 Å². The number of carbonyl (C=O) groups excluding carboxylic acids is 1. The summed E-state index contributed by atoms with van der Waals surface area (Å²) in [6.07, 6.45) is 0.223. The minimum Gasteiger partial charge on any atom is -0.481 e. The lowest BCUT2D eigenvalue weighted by Crippen LogP contribution is -2.31. The molecule has 6 heteroatoms. The maximum Gasteiger partial charge on any atom is 0.305 e. The van der Waals surface area contributed by atoms with Gasteiger partial charge in [0.15, 0.2) is 0 Å². The number of benzene rings is 2. The van der Waals surface area contributed by atoms with Crippen LogP contribution in [0.5, 0.6) is 0 Å². The third-order valence-corrected chi connectivity index (χ3v) is 4.39. The van der Waals surface area contributed by atoms with E-state index in [1.165, 1.54) is 12.1 Å². The molecular weight excluding hydrogens is 328 g/mol. The number of hydrogen-bond donors (Lipinski definition) is 2. The third kappa shape index (κ3) is 4.02. The summed E-state index contributed by atoms with van der Waals surface area (Å²) in [6.45, 7) is 0. The lowest BCUT2D eigenvalue weighted by molar-refractivity contribution is -0.137. The van der Waals surface area contributed by atoms with E-state index in [4.69, 9.17) is 5.11 Å². The predicted octanol–water partition coefficient (Wildman–Crippen LogP) is 3.40. The minimum absolute atomic E-state index is 0.238. The quantitative estimate of drug-likeness (QED) is 0.843. The van der Waals surface area contributed by atoms with Gasteiger partial charge in [0.2, 0.25) is 5.91 Å². The Morgan fingerprint density at radius 2 is 1.88 bits per heavy atom. The first-order valence-corrected chi connectivity index (χ1v) is 7.97. The fourth-order valence-corrected chi connectivity index (χ4v) is 3.02. The van der Waals surface area contributed by atoms with Gasteiger partial charge in [0.1, 0.15) is 11.6 Å². The number of carboxylic acid groups (broad SMARTS) is 1. The number of hydrogen-bond acceptors (Lipinski definition) is 2. The van der Waals surface area contributed by atoms with E-state index in [2.05, 4.69) is 5.32 Å². The van der Waals surface area contributed by atoms with Crippen molar-refractivity contribution in [2.45, 2.75) is 24.8 Å². The number of halogens is 2. The second-order valence-electron chi connectivity index (χ2n) is 6.18. The average molecular weight is 345 g/mol. The second-order valence-corrected chi connectivity index (χ2v) is 6.18. The fourth-order valence-electron chi connectivity index (χ4n) is 3.02. The first kappa shape index (κ1) is 17.1. The molecule has 0 heterocycles. The van der Waals surface area contributed by atoms with Crippen LogP contribution in [0.1, 0.15) is 35.9 Å². The Bertz CT molecular complexity index is 795. The van der Waals surface area contributed by atoms with Crippen LogP contribution in [0, 0.1) is 17.6 Å². The summed E-state index contributed by atoms with van der Waals surface area (Å²) in [5, 5.41) is 11.8. The van der Waals surface area contributed by atoms with E-state index in [9.17, 15) is 18.4 Å². The van der Waals surface area contributed by atoms with Gasteiger partial charge in [0.25, 0.3) is 0 Å². The van der Waals surface area contributed by atoms with Gasteiger partial charge < -0.3 is 10.4 Å². The van der Waals surface area contributed by atoms with E-state index in [0.717, 1.165) is 6.07 Å². The number of nitrogens with one attached hydrogen (secondary N) is 1. The largest absolute Gasteiger partial charge is 0.481 e. The van der Waals surface area contributed by atoms with E-state index in [0.29, 0.717) is 17.5 Å². The molecule has 0 radical (unpaired) electrons. The molecule has 0 spiro atoms. The summed E-state index contributed by atoms with van der Waals surface area (Å²) in [5.41, 5.74) is 1.01. The zero-order chi connectivity index (χ0) is 18.0. The molecule has 1 fully saturated rings. The predicted molar refractivity (Wildman–Crippen MR) is 86.8 cm³/mol. The number of carboxylic acids is 1. The summed E-state index contributed by atoms with van der Waals surface area (Å²) in [7, 11) is 0. The lowest BCUT2D eigenvalue weighted by atomic mass is 10.0. The van der Waals surface area contributed by atoms with Gasteiger partial charge in [-0.25, -0.2) is 8.78 Å². The first-order chi connectivity index (χ1) is 12.0. The molecule has 3 atom stereocenters. The number of rotatable bonds is 6. The SMILES string of the molecule is O=C(O)CC(NC(=O)C1CC1c1ccc(F)cc1F)c1ccccc1. The fraction of sp³-hybridized carbons (Fsp3) is 0.263. The molecule has 4 nitrogen and oxygen atoms in total. The second kappa shape index (κ2) is 7.01. The smallest absolute Gasteiger partial charge is 0.305 e. The maximum atomic E-state index is 13.8. The molecule has 1 aliphatic carbocycles. The summed E-state index contributed by atoms with van der Waals surface area (Å²) in [4.78, 5) is 23.5. The summed E-state index contributed by atoms with van der Waals surface area (Å²) < 4.78 is 26.8. The number of amides is 1. The Kier molecular flexibility index (Phi) is 4.79. The third-order valence-electron chi connectivity index (χ3n) is 4.39. The van der Waals surface area contributed by atoms with Gasteiger partial charge in [-0.2, -0.15) is 0 Å². The molecule has 25 heavy (non-hydrogen) atoms. The van der Waals surface area contributed by atoms with Crippen molar-refractivity contribution in [3.63, 3.8) is 0 Å². The topological polar surface area (TPSA) is 66.4 Å². The van der Waals surface area contributed by atoms with Crippen molar-refractivity contribution in [3.8, 4) is 0 Å². The van der Waals surface area contributed by atoms with Crippen LogP contribution in [0.25, 0.3) is 0 Å². The van der Waals surface area contributed by atoms with E-state index in [1.807, 2.05) is 0 Å². The summed E-state index contributed by atoms with van der Waals surface area (Å²) >= 11 is 0. The van der Waals surface area contributed by atoms with Gasteiger partial charge >= 0.3 is 5.97 Å². The highest BCUT2D eigenvalue weighted by Crippen LogP contribution is 2.48. The summed E-state index contributed by atoms with van der Waals surface area (Å²) in [6, 6.07) is 11.5. The average Bonchev–Trinajstić information content (AvgIpc) is 3.35. The van der Waals surface area contributed by atoms with Gasteiger partial charge in [-0.1, -0.05) is 36.4 Å². The molecule has 0 saturated heterocycles. The Hall–Kier alpha value is -2.76. The number of carbonyl (C=O) groups is 2. The highest BCUT2D eigenvalue weighted by atomic mass is 19.1. The molecule has 0 aromatic heterocycles. The highest BCUT2D eigenvalue weighted by Gasteiger charge is 2.45. The van der Waals surface area contributed by atoms with Crippen LogP contribution >= 0.6 is 0 Å². The van der Waals surface area contributed by atoms with Crippen molar-refractivity contribution in [1.82, 2.24) is 5.32 Å². The van der Waals surface area contributed by atoms with Crippen molar-refractivity contribution < 1.29 is 23.5 Å². The Morgan fingerprint density at radius 1 is 1.16 bits per heavy atom. The Morgan fingerprint density at radius 3 is 2.52 bits per heavy atom. The molecular formula is C19H17F2NO3. The van der Waals surface area contributed by atoms with Crippen LogP contribution in [0.3, 0.4) is 0 Å². The molecule has 130 valence electrons. The molecule has 3 rings (SSSR count). The van der Waals surface area contributed by atoms with Crippen molar-refractivity contribution in [2.24, 2.45) is 5.92 Å². The van der Waals surface area contributed by atoms with Gasteiger partial charge in [0.05, 0.1) is 12.5 Å². The van der Waals surface area contributed by atoms with Crippen LogP contribution in [-0.2, 0) is 9.59 Å². The standard InChI is InChI=1S/C19H17F2NO3/c20-12-6-7-13(16(21)8-12)14-9-15(14)19(25)22-17(10-18(23)24)11-4-2-1-3-5-11/h1-8,14-15,17H,9-10H2,(H,22,25)(H,23,24). The van der Waals surface area contributed by atoms with E-state index in [-0.39, 0.29) is 18.2 Å². The van der Waals surface area contributed by atoms with Gasteiger partial charge in [0, 0.05) is 12.0 Å². The van der Waals surface area contributed by atoms with E-state index < -0.39 is 29.6 Å². The van der Waals surface area contributed by atoms with Crippen molar-refractivity contribution in [3.05, 3.63) is 71.3 Å². The normalized spacial score (nSPS) is 19.9. The van der Waals surface area contributed by atoms with Crippen molar-refractivity contribution in [1.29, 1.82) is 0 Å².